The standard InChI is InChI=1S/C18H20ClFN4O/c1-12-10-13(20)2-3-14(12)18(4-5-18)24-8-6-23(7-9-24)15-11-21-22-17(25)16(15)19/h2-3,10-11H,4-9H2,1H3,(H,22,25). The third-order valence-corrected chi connectivity index (χ3v) is 5.78. The molecule has 1 aromatic carbocycles. The zero-order valence-corrected chi connectivity index (χ0v) is 14.8. The Balaban J connectivity index is 1.52. The molecule has 2 aromatic rings. The number of aryl methyl sites for hydroxylation is 1. The van der Waals surface area contributed by atoms with Gasteiger partial charge in [0.15, 0.2) is 0 Å². The maximum atomic E-state index is 13.4. The molecular weight excluding hydrogens is 343 g/mol. The fourth-order valence-corrected chi connectivity index (χ4v) is 4.20. The van der Waals surface area contributed by atoms with Crippen LogP contribution in [0.15, 0.2) is 29.2 Å². The van der Waals surface area contributed by atoms with Gasteiger partial charge in [0.1, 0.15) is 10.8 Å². The van der Waals surface area contributed by atoms with E-state index in [1.807, 2.05) is 13.0 Å². The van der Waals surface area contributed by atoms with Gasteiger partial charge in [0.25, 0.3) is 5.56 Å². The second-order valence-corrected chi connectivity index (χ2v) is 7.24. The van der Waals surface area contributed by atoms with Crippen LogP contribution in [0.2, 0.25) is 5.02 Å². The number of aromatic nitrogens is 2. The Morgan fingerprint density at radius 1 is 1.24 bits per heavy atom. The quantitative estimate of drug-likeness (QED) is 0.912. The zero-order valence-electron chi connectivity index (χ0n) is 14.1. The van der Waals surface area contributed by atoms with Crippen molar-refractivity contribution in [1.29, 1.82) is 0 Å². The minimum Gasteiger partial charge on any atom is -0.366 e. The first-order valence-corrected chi connectivity index (χ1v) is 8.89. The van der Waals surface area contributed by atoms with Gasteiger partial charge in [-0.1, -0.05) is 17.7 Å². The van der Waals surface area contributed by atoms with Crippen LogP contribution in [0.1, 0.15) is 24.0 Å². The van der Waals surface area contributed by atoms with Crippen molar-refractivity contribution in [2.45, 2.75) is 25.3 Å². The van der Waals surface area contributed by atoms with Gasteiger partial charge in [-0.3, -0.25) is 9.69 Å². The van der Waals surface area contributed by atoms with Gasteiger partial charge in [-0.2, -0.15) is 5.10 Å². The van der Waals surface area contributed by atoms with E-state index in [-0.39, 0.29) is 21.9 Å². The first kappa shape index (κ1) is 16.5. The van der Waals surface area contributed by atoms with Gasteiger partial charge in [0, 0.05) is 31.7 Å². The molecule has 0 radical (unpaired) electrons. The molecule has 2 aliphatic rings. The van der Waals surface area contributed by atoms with E-state index < -0.39 is 0 Å². The fraction of sp³-hybridized carbons (Fsp3) is 0.444. The summed E-state index contributed by atoms with van der Waals surface area (Å²) in [6, 6.07) is 5.11. The largest absolute Gasteiger partial charge is 0.366 e. The van der Waals surface area contributed by atoms with Crippen molar-refractivity contribution in [2.75, 3.05) is 31.1 Å². The Bertz CT molecular complexity index is 856. The third-order valence-electron chi connectivity index (χ3n) is 5.42. The van der Waals surface area contributed by atoms with Crippen LogP contribution in [0.5, 0.6) is 0 Å². The average Bonchev–Trinajstić information content (AvgIpc) is 3.39. The van der Waals surface area contributed by atoms with Crippen LogP contribution in [-0.4, -0.2) is 41.3 Å². The molecule has 5 nitrogen and oxygen atoms in total. The van der Waals surface area contributed by atoms with Gasteiger partial charge in [0.2, 0.25) is 0 Å². The maximum Gasteiger partial charge on any atom is 0.285 e. The van der Waals surface area contributed by atoms with E-state index in [0.29, 0.717) is 5.69 Å². The fourth-order valence-electron chi connectivity index (χ4n) is 3.99. The summed E-state index contributed by atoms with van der Waals surface area (Å²) in [5, 5.41) is 6.40. The summed E-state index contributed by atoms with van der Waals surface area (Å²) in [6.45, 7) is 5.30. The molecule has 1 aliphatic heterocycles. The normalized spacial score (nSPS) is 19.9. The molecule has 1 aromatic heterocycles. The maximum absolute atomic E-state index is 13.4. The van der Waals surface area contributed by atoms with Crippen molar-refractivity contribution in [3.05, 3.63) is 56.7 Å². The number of nitrogens with one attached hydrogen (secondary N) is 1. The molecule has 4 rings (SSSR count). The number of hydrogen-bond acceptors (Lipinski definition) is 4. The van der Waals surface area contributed by atoms with Gasteiger partial charge < -0.3 is 4.90 Å². The van der Waals surface area contributed by atoms with E-state index in [9.17, 15) is 9.18 Å². The molecule has 25 heavy (non-hydrogen) atoms. The van der Waals surface area contributed by atoms with Gasteiger partial charge in [-0.25, -0.2) is 9.49 Å². The number of rotatable bonds is 3. The summed E-state index contributed by atoms with van der Waals surface area (Å²) in [6.07, 6.45) is 3.82. The lowest BCUT2D eigenvalue weighted by molar-refractivity contribution is 0.165. The molecule has 2 heterocycles. The number of piperazine rings is 1. The van der Waals surface area contributed by atoms with Crippen LogP contribution in [0.4, 0.5) is 10.1 Å². The van der Waals surface area contributed by atoms with Crippen molar-refractivity contribution in [2.24, 2.45) is 0 Å². The predicted octanol–water partition coefficient (Wildman–Crippen LogP) is 2.68. The summed E-state index contributed by atoms with van der Waals surface area (Å²) < 4.78 is 13.4. The van der Waals surface area contributed by atoms with E-state index in [4.69, 9.17) is 11.6 Å². The number of H-pyrrole nitrogens is 1. The molecule has 1 N–H and O–H groups in total. The van der Waals surface area contributed by atoms with Crippen molar-refractivity contribution in [1.82, 2.24) is 15.1 Å². The van der Waals surface area contributed by atoms with Crippen LogP contribution in [0, 0.1) is 12.7 Å². The smallest absolute Gasteiger partial charge is 0.285 e. The minimum absolute atomic E-state index is 0.0417. The molecular formula is C18H20ClFN4O. The summed E-state index contributed by atoms with van der Waals surface area (Å²) in [4.78, 5) is 16.2. The average molecular weight is 363 g/mol. The van der Waals surface area contributed by atoms with Crippen LogP contribution in [0.25, 0.3) is 0 Å². The highest BCUT2D eigenvalue weighted by Crippen LogP contribution is 2.52. The number of benzene rings is 1. The first-order valence-electron chi connectivity index (χ1n) is 8.51. The summed E-state index contributed by atoms with van der Waals surface area (Å²) in [7, 11) is 0. The highest BCUT2D eigenvalue weighted by atomic mass is 35.5. The van der Waals surface area contributed by atoms with E-state index >= 15 is 0 Å². The van der Waals surface area contributed by atoms with Gasteiger partial charge >= 0.3 is 0 Å². The van der Waals surface area contributed by atoms with E-state index in [1.165, 1.54) is 5.56 Å². The molecule has 0 bridgehead atoms. The van der Waals surface area contributed by atoms with Crippen molar-refractivity contribution < 1.29 is 4.39 Å². The van der Waals surface area contributed by atoms with Crippen molar-refractivity contribution >= 4 is 17.3 Å². The van der Waals surface area contributed by atoms with Gasteiger partial charge in [0.05, 0.1) is 11.9 Å². The van der Waals surface area contributed by atoms with E-state index in [2.05, 4.69) is 20.0 Å². The Morgan fingerprint density at radius 3 is 2.60 bits per heavy atom. The minimum atomic E-state index is -0.359. The molecule has 0 spiro atoms. The predicted molar refractivity (Wildman–Crippen MR) is 95.7 cm³/mol. The van der Waals surface area contributed by atoms with Crippen molar-refractivity contribution in [3.63, 3.8) is 0 Å². The lowest BCUT2D eigenvalue weighted by Crippen LogP contribution is -2.51. The van der Waals surface area contributed by atoms with Crippen LogP contribution >= 0.6 is 11.6 Å². The Morgan fingerprint density at radius 2 is 1.96 bits per heavy atom. The molecule has 0 amide bonds. The lowest BCUT2D eigenvalue weighted by atomic mass is 9.96. The molecule has 0 atom stereocenters. The Hall–Kier alpha value is -1.92. The topological polar surface area (TPSA) is 52.2 Å². The monoisotopic (exact) mass is 362 g/mol. The van der Waals surface area contributed by atoms with Crippen LogP contribution < -0.4 is 10.5 Å². The number of anilines is 1. The molecule has 0 unspecified atom stereocenters. The van der Waals surface area contributed by atoms with Crippen LogP contribution in [0.3, 0.4) is 0 Å². The highest BCUT2D eigenvalue weighted by Gasteiger charge is 2.50. The Kier molecular flexibility index (Phi) is 4.04. The zero-order chi connectivity index (χ0) is 17.6. The third kappa shape index (κ3) is 2.83. The van der Waals surface area contributed by atoms with Crippen LogP contribution in [-0.2, 0) is 5.54 Å². The van der Waals surface area contributed by atoms with Gasteiger partial charge in [-0.05, 0) is 43.0 Å². The summed E-state index contributed by atoms with van der Waals surface area (Å²) >= 11 is 6.12. The molecule has 1 saturated carbocycles. The van der Waals surface area contributed by atoms with Gasteiger partial charge in [-0.15, -0.1) is 0 Å². The summed E-state index contributed by atoms with van der Waals surface area (Å²) in [5.74, 6) is -0.182. The lowest BCUT2D eigenvalue weighted by Gasteiger charge is -2.41. The highest BCUT2D eigenvalue weighted by molar-refractivity contribution is 6.33. The number of aromatic amines is 1. The van der Waals surface area contributed by atoms with E-state index in [0.717, 1.165) is 44.6 Å². The first-order chi connectivity index (χ1) is 12.0. The molecule has 7 heteroatoms. The van der Waals surface area contributed by atoms with E-state index in [1.54, 1.807) is 18.3 Å². The number of halogens is 2. The molecule has 1 aliphatic carbocycles. The molecule has 132 valence electrons. The Labute approximate surface area is 150 Å². The summed E-state index contributed by atoms with van der Waals surface area (Å²) in [5.41, 5.74) is 2.62. The number of hydrogen-bond donors (Lipinski definition) is 1. The SMILES string of the molecule is Cc1cc(F)ccc1C1(N2CCN(c3cn[nH]c(=O)c3Cl)CC2)CC1. The second kappa shape index (κ2) is 6.11. The second-order valence-electron chi connectivity index (χ2n) is 6.86. The molecule has 1 saturated heterocycles. The number of nitrogens with zero attached hydrogens (tertiary/aromatic N) is 3. The van der Waals surface area contributed by atoms with Crippen molar-refractivity contribution in [3.8, 4) is 0 Å². The molecule has 2 fully saturated rings.